The third-order valence-electron chi connectivity index (χ3n) is 6.69. The van der Waals surface area contributed by atoms with E-state index in [1.165, 1.54) is 17.0 Å². The number of nitrogens with one attached hydrogen (secondary N) is 2. The maximum Gasteiger partial charge on any atom is 0.411 e. The molecule has 0 heterocycles. The van der Waals surface area contributed by atoms with E-state index >= 15 is 0 Å². The monoisotopic (exact) mass is 669 g/mol. The highest BCUT2D eigenvalue weighted by atomic mass is 35.5. The average molecular weight is 672 g/mol. The molecule has 0 unspecified atom stereocenters. The second kappa shape index (κ2) is 12.1. The molecule has 0 saturated heterocycles. The molecule has 1 aliphatic carbocycles. The van der Waals surface area contributed by atoms with Gasteiger partial charge in [-0.25, -0.2) is 4.79 Å². The number of halogens is 5. The van der Waals surface area contributed by atoms with Gasteiger partial charge < -0.3 is 15.7 Å². The summed E-state index contributed by atoms with van der Waals surface area (Å²) in [6.45, 7) is 7.91. The van der Waals surface area contributed by atoms with Crippen molar-refractivity contribution in [1.29, 1.82) is 0 Å². The summed E-state index contributed by atoms with van der Waals surface area (Å²) in [4.78, 5) is 39.5. The second-order valence-corrected chi connectivity index (χ2v) is 14.1. The fourth-order valence-electron chi connectivity index (χ4n) is 4.71. The molecule has 0 spiro atoms. The standard InChI is InChI=1S/C30H28Cl5N3O4/c1-15-9-20(38(28(41)42)14-29(2,3)4)6-8-23(15)37-26(39)21-13-19(5-7-22(21)33)36-27(40)25-24(30(25,34)35)16-10-17(31)12-18(32)11-16/h5-13,24-25H,14H2,1-4H3,(H,36,40)(H,37,39)(H,41,42)/t24-,25+/m0/s1. The van der Waals surface area contributed by atoms with Crippen LogP contribution in [-0.4, -0.2) is 33.9 Å². The summed E-state index contributed by atoms with van der Waals surface area (Å²) < 4.78 is -1.36. The number of carbonyl (C=O) groups excluding carboxylic acids is 2. The van der Waals surface area contributed by atoms with Gasteiger partial charge in [-0.05, 0) is 78.1 Å². The van der Waals surface area contributed by atoms with E-state index in [0.29, 0.717) is 44.8 Å². The average Bonchev–Trinajstić information content (AvgIpc) is 3.45. The van der Waals surface area contributed by atoms with Gasteiger partial charge in [0.15, 0.2) is 0 Å². The maximum absolute atomic E-state index is 13.2. The van der Waals surface area contributed by atoms with Gasteiger partial charge in [-0.2, -0.15) is 0 Å². The summed E-state index contributed by atoms with van der Waals surface area (Å²) in [5.41, 5.74) is 2.45. The van der Waals surface area contributed by atoms with Crippen molar-refractivity contribution in [2.24, 2.45) is 11.3 Å². The molecule has 2 atom stereocenters. The van der Waals surface area contributed by atoms with Crippen LogP contribution in [0.15, 0.2) is 54.6 Å². The molecular weight excluding hydrogens is 644 g/mol. The van der Waals surface area contributed by atoms with Gasteiger partial charge in [0, 0.05) is 39.6 Å². The molecule has 3 aromatic carbocycles. The van der Waals surface area contributed by atoms with Crippen molar-refractivity contribution in [3.63, 3.8) is 0 Å². The minimum absolute atomic E-state index is 0.120. The minimum atomic E-state index is -1.36. The van der Waals surface area contributed by atoms with Crippen LogP contribution in [0.5, 0.6) is 0 Å². The summed E-state index contributed by atoms with van der Waals surface area (Å²) in [7, 11) is 0. The predicted octanol–water partition coefficient (Wildman–Crippen LogP) is 9.26. The largest absolute Gasteiger partial charge is 0.465 e. The van der Waals surface area contributed by atoms with Crippen LogP contribution in [0, 0.1) is 18.3 Å². The smallest absolute Gasteiger partial charge is 0.411 e. The summed E-state index contributed by atoms with van der Waals surface area (Å²) in [6, 6.07) is 14.4. The molecule has 3 N–H and O–H groups in total. The molecule has 0 aromatic heterocycles. The molecule has 7 nitrogen and oxygen atoms in total. The number of anilines is 3. The topological polar surface area (TPSA) is 98.7 Å². The Hall–Kier alpha value is -2.68. The molecule has 0 bridgehead atoms. The highest BCUT2D eigenvalue weighted by Gasteiger charge is 2.67. The van der Waals surface area contributed by atoms with E-state index in [0.717, 1.165) is 0 Å². The van der Waals surface area contributed by atoms with E-state index in [2.05, 4.69) is 10.6 Å². The van der Waals surface area contributed by atoms with Gasteiger partial charge in [-0.1, -0.05) is 55.6 Å². The van der Waals surface area contributed by atoms with Crippen molar-refractivity contribution < 1.29 is 19.5 Å². The maximum atomic E-state index is 13.2. The van der Waals surface area contributed by atoms with Crippen LogP contribution in [0.2, 0.25) is 15.1 Å². The highest BCUT2D eigenvalue weighted by Crippen LogP contribution is 2.65. The Bertz CT molecular complexity index is 1550. The van der Waals surface area contributed by atoms with E-state index in [9.17, 15) is 19.5 Å². The van der Waals surface area contributed by atoms with E-state index in [1.807, 2.05) is 20.8 Å². The molecule has 3 aromatic rings. The lowest BCUT2D eigenvalue weighted by Crippen LogP contribution is -2.36. The number of aryl methyl sites for hydroxylation is 1. The van der Waals surface area contributed by atoms with Crippen LogP contribution in [0.1, 0.15) is 48.2 Å². The molecule has 1 saturated carbocycles. The van der Waals surface area contributed by atoms with E-state index in [4.69, 9.17) is 58.0 Å². The predicted molar refractivity (Wildman–Crippen MR) is 171 cm³/mol. The van der Waals surface area contributed by atoms with Crippen LogP contribution in [0.4, 0.5) is 21.9 Å². The third kappa shape index (κ3) is 7.26. The lowest BCUT2D eigenvalue weighted by molar-refractivity contribution is -0.117. The first-order chi connectivity index (χ1) is 19.5. The molecular formula is C30H28Cl5N3O4. The van der Waals surface area contributed by atoms with Crippen molar-refractivity contribution in [3.05, 3.63) is 86.4 Å². The zero-order chi connectivity index (χ0) is 31.1. The van der Waals surface area contributed by atoms with Gasteiger partial charge in [0.25, 0.3) is 5.91 Å². The number of rotatable bonds is 7. The van der Waals surface area contributed by atoms with Crippen molar-refractivity contribution in [2.75, 3.05) is 22.1 Å². The normalized spacial score (nSPS) is 17.4. The van der Waals surface area contributed by atoms with Gasteiger partial charge in [-0.15, -0.1) is 23.2 Å². The molecule has 3 amide bonds. The Morgan fingerprint density at radius 2 is 1.57 bits per heavy atom. The molecule has 1 aliphatic rings. The Morgan fingerprint density at radius 3 is 2.14 bits per heavy atom. The molecule has 222 valence electrons. The zero-order valence-corrected chi connectivity index (χ0v) is 26.8. The van der Waals surface area contributed by atoms with Crippen LogP contribution < -0.4 is 15.5 Å². The number of carboxylic acid groups (broad SMARTS) is 1. The lowest BCUT2D eigenvalue weighted by atomic mass is 9.96. The number of hydrogen-bond donors (Lipinski definition) is 3. The summed E-state index contributed by atoms with van der Waals surface area (Å²) >= 11 is 31.5. The van der Waals surface area contributed by atoms with Gasteiger partial charge in [0.2, 0.25) is 5.91 Å². The summed E-state index contributed by atoms with van der Waals surface area (Å²) in [5, 5.41) is 16.2. The van der Waals surface area contributed by atoms with Gasteiger partial charge in [0.05, 0.1) is 16.5 Å². The quantitative estimate of drug-likeness (QED) is 0.218. The molecule has 4 rings (SSSR count). The number of hydrogen-bond acceptors (Lipinski definition) is 3. The number of nitrogens with zero attached hydrogens (tertiary/aromatic N) is 1. The van der Waals surface area contributed by atoms with Crippen LogP contribution >= 0.6 is 58.0 Å². The Kier molecular flexibility index (Phi) is 9.31. The lowest BCUT2D eigenvalue weighted by Gasteiger charge is -2.28. The van der Waals surface area contributed by atoms with Crippen molar-refractivity contribution in [2.45, 2.75) is 37.9 Å². The Labute approximate surface area is 269 Å². The fourth-order valence-corrected chi connectivity index (χ4v) is 6.28. The number of carbonyl (C=O) groups is 3. The van der Waals surface area contributed by atoms with Gasteiger partial charge in [0.1, 0.15) is 4.33 Å². The van der Waals surface area contributed by atoms with Crippen LogP contribution in [0.3, 0.4) is 0 Å². The van der Waals surface area contributed by atoms with Crippen LogP contribution in [-0.2, 0) is 4.79 Å². The first-order valence-electron chi connectivity index (χ1n) is 12.8. The fraction of sp³-hybridized carbons (Fsp3) is 0.300. The van der Waals surface area contributed by atoms with Gasteiger partial charge in [-0.3, -0.25) is 14.5 Å². The molecule has 0 radical (unpaired) electrons. The van der Waals surface area contributed by atoms with Gasteiger partial charge >= 0.3 is 6.09 Å². The van der Waals surface area contributed by atoms with Crippen molar-refractivity contribution >= 4 is 93.0 Å². The SMILES string of the molecule is Cc1cc(N(CC(C)(C)C)C(=O)O)ccc1NC(=O)c1cc(NC(=O)[C@H]2[C@H](c3cc(Cl)cc(Cl)c3)C2(Cl)Cl)ccc1Cl. The first-order valence-corrected chi connectivity index (χ1v) is 14.7. The zero-order valence-electron chi connectivity index (χ0n) is 23.1. The Morgan fingerprint density at radius 1 is 0.929 bits per heavy atom. The second-order valence-electron chi connectivity index (χ2n) is 11.4. The van der Waals surface area contributed by atoms with E-state index in [1.54, 1.807) is 49.4 Å². The molecule has 12 heteroatoms. The summed E-state index contributed by atoms with van der Waals surface area (Å²) in [6.07, 6.45) is -1.07. The molecule has 42 heavy (non-hydrogen) atoms. The first kappa shape index (κ1) is 32.2. The molecule has 1 fully saturated rings. The third-order valence-corrected chi connectivity index (χ3v) is 8.40. The highest BCUT2D eigenvalue weighted by molar-refractivity contribution is 6.53. The molecule has 0 aliphatic heterocycles. The van der Waals surface area contributed by atoms with E-state index in [-0.39, 0.29) is 16.0 Å². The van der Waals surface area contributed by atoms with Crippen molar-refractivity contribution in [3.8, 4) is 0 Å². The Balaban J connectivity index is 1.49. The summed E-state index contributed by atoms with van der Waals surface area (Å²) in [5.74, 6) is -2.27. The number of amides is 3. The van der Waals surface area contributed by atoms with E-state index < -0.39 is 34.1 Å². The number of alkyl halides is 2. The van der Waals surface area contributed by atoms with Crippen molar-refractivity contribution in [1.82, 2.24) is 0 Å². The number of benzene rings is 3. The minimum Gasteiger partial charge on any atom is -0.465 e. The van der Waals surface area contributed by atoms with Crippen LogP contribution in [0.25, 0.3) is 0 Å².